The van der Waals surface area contributed by atoms with E-state index < -0.39 is 0 Å². The molecule has 0 radical (unpaired) electrons. The van der Waals surface area contributed by atoms with E-state index in [2.05, 4.69) is 12.2 Å². The maximum Gasteiger partial charge on any atom is 0.0721 e. The summed E-state index contributed by atoms with van der Waals surface area (Å²) in [7, 11) is 3.85. The van der Waals surface area contributed by atoms with Crippen LogP contribution in [-0.4, -0.2) is 26.3 Å². The van der Waals surface area contributed by atoms with Gasteiger partial charge in [0.1, 0.15) is 0 Å². The molecule has 2 atom stereocenters. The van der Waals surface area contributed by atoms with E-state index in [0.29, 0.717) is 12.1 Å². The minimum absolute atomic E-state index is 0.399. The van der Waals surface area contributed by atoms with Crippen molar-refractivity contribution in [3.8, 4) is 0 Å². The van der Waals surface area contributed by atoms with E-state index >= 15 is 0 Å². The van der Waals surface area contributed by atoms with Crippen molar-refractivity contribution in [1.82, 2.24) is 5.32 Å². The zero-order chi connectivity index (χ0) is 8.97. The van der Waals surface area contributed by atoms with Gasteiger partial charge in [0.05, 0.1) is 6.10 Å². The average molecular weight is 171 g/mol. The van der Waals surface area contributed by atoms with Crippen molar-refractivity contribution < 1.29 is 4.74 Å². The van der Waals surface area contributed by atoms with Crippen LogP contribution in [0.3, 0.4) is 0 Å². The van der Waals surface area contributed by atoms with E-state index in [1.165, 1.54) is 19.3 Å². The second kappa shape index (κ2) is 4.83. The third-order valence-electron chi connectivity index (χ3n) is 2.81. The van der Waals surface area contributed by atoms with Crippen LogP contribution >= 0.6 is 0 Å². The van der Waals surface area contributed by atoms with Gasteiger partial charge < -0.3 is 10.1 Å². The standard InChI is InChI=1S/C10H21NO/c1-4-10(12-3)9(11-2)7-8-5-6-8/h8-11H,4-7H2,1-3H3. The normalized spacial score (nSPS) is 22.2. The average Bonchev–Trinajstić information content (AvgIpc) is 2.88. The summed E-state index contributed by atoms with van der Waals surface area (Å²) in [5, 5.41) is 3.35. The van der Waals surface area contributed by atoms with Crippen LogP contribution in [0, 0.1) is 5.92 Å². The zero-order valence-electron chi connectivity index (χ0n) is 8.47. The number of methoxy groups -OCH3 is 1. The Morgan fingerprint density at radius 1 is 1.50 bits per heavy atom. The Bertz CT molecular complexity index is 119. The van der Waals surface area contributed by atoms with Crippen molar-refractivity contribution in [3.05, 3.63) is 0 Å². The maximum atomic E-state index is 5.42. The summed E-state index contributed by atoms with van der Waals surface area (Å²) in [6, 6.07) is 0.562. The molecule has 1 fully saturated rings. The predicted molar refractivity (Wildman–Crippen MR) is 51.3 cm³/mol. The molecular formula is C10H21NO. The number of hydrogen-bond acceptors (Lipinski definition) is 2. The predicted octanol–water partition coefficient (Wildman–Crippen LogP) is 1.80. The quantitative estimate of drug-likeness (QED) is 0.658. The Hall–Kier alpha value is -0.0800. The molecule has 1 saturated carbocycles. The van der Waals surface area contributed by atoms with Gasteiger partial charge in [0.15, 0.2) is 0 Å². The number of likely N-dealkylation sites (N-methyl/N-ethyl adjacent to an activating group) is 1. The van der Waals surface area contributed by atoms with Gasteiger partial charge in [0, 0.05) is 13.2 Å². The van der Waals surface area contributed by atoms with E-state index in [4.69, 9.17) is 4.74 Å². The molecule has 0 aromatic carbocycles. The summed E-state index contributed by atoms with van der Waals surface area (Å²) in [5.74, 6) is 0.978. The van der Waals surface area contributed by atoms with Crippen LogP contribution < -0.4 is 5.32 Å². The lowest BCUT2D eigenvalue weighted by Crippen LogP contribution is -2.38. The van der Waals surface area contributed by atoms with Crippen LogP contribution in [0.1, 0.15) is 32.6 Å². The first-order valence-corrected chi connectivity index (χ1v) is 5.01. The van der Waals surface area contributed by atoms with Crippen LogP contribution in [0.2, 0.25) is 0 Å². The molecule has 12 heavy (non-hydrogen) atoms. The second-order valence-corrected chi connectivity index (χ2v) is 3.76. The zero-order valence-corrected chi connectivity index (χ0v) is 8.47. The van der Waals surface area contributed by atoms with Crippen molar-refractivity contribution in [3.63, 3.8) is 0 Å². The number of ether oxygens (including phenoxy) is 1. The fourth-order valence-corrected chi connectivity index (χ4v) is 1.78. The van der Waals surface area contributed by atoms with Gasteiger partial charge in [-0.2, -0.15) is 0 Å². The Morgan fingerprint density at radius 3 is 2.50 bits per heavy atom. The van der Waals surface area contributed by atoms with Crippen LogP contribution in [0.15, 0.2) is 0 Å². The van der Waals surface area contributed by atoms with Crippen LogP contribution in [0.5, 0.6) is 0 Å². The third-order valence-corrected chi connectivity index (χ3v) is 2.81. The molecule has 72 valence electrons. The molecular weight excluding hydrogens is 150 g/mol. The first-order chi connectivity index (χ1) is 5.81. The molecule has 1 aliphatic rings. The minimum Gasteiger partial charge on any atom is -0.380 e. The molecule has 0 saturated heterocycles. The Balaban J connectivity index is 2.29. The van der Waals surface area contributed by atoms with Crippen molar-refractivity contribution in [1.29, 1.82) is 0 Å². The summed E-state index contributed by atoms with van der Waals surface area (Å²) < 4.78 is 5.42. The van der Waals surface area contributed by atoms with E-state index in [1.54, 1.807) is 0 Å². The Morgan fingerprint density at radius 2 is 2.17 bits per heavy atom. The highest BCUT2D eigenvalue weighted by molar-refractivity contribution is 4.83. The van der Waals surface area contributed by atoms with Crippen LogP contribution in [-0.2, 0) is 4.74 Å². The molecule has 1 aliphatic carbocycles. The lowest BCUT2D eigenvalue weighted by atomic mass is 10.0. The van der Waals surface area contributed by atoms with Crippen LogP contribution in [0.25, 0.3) is 0 Å². The molecule has 0 bridgehead atoms. The first kappa shape index (κ1) is 10.0. The topological polar surface area (TPSA) is 21.3 Å². The highest BCUT2D eigenvalue weighted by Crippen LogP contribution is 2.34. The molecule has 0 aromatic heterocycles. The Labute approximate surface area is 75.7 Å². The molecule has 2 nitrogen and oxygen atoms in total. The Kier molecular flexibility index (Phi) is 4.02. The van der Waals surface area contributed by atoms with Crippen molar-refractivity contribution in [2.75, 3.05) is 14.2 Å². The first-order valence-electron chi connectivity index (χ1n) is 5.01. The van der Waals surface area contributed by atoms with Crippen molar-refractivity contribution in [2.24, 2.45) is 5.92 Å². The van der Waals surface area contributed by atoms with Gasteiger partial charge in [-0.1, -0.05) is 19.8 Å². The molecule has 0 spiro atoms. The van der Waals surface area contributed by atoms with Gasteiger partial charge in [-0.05, 0) is 25.8 Å². The van der Waals surface area contributed by atoms with Gasteiger partial charge >= 0.3 is 0 Å². The lowest BCUT2D eigenvalue weighted by molar-refractivity contribution is 0.0632. The van der Waals surface area contributed by atoms with Gasteiger partial charge in [-0.25, -0.2) is 0 Å². The molecule has 0 amide bonds. The molecule has 2 heteroatoms. The van der Waals surface area contributed by atoms with Crippen LogP contribution in [0.4, 0.5) is 0 Å². The van der Waals surface area contributed by atoms with Gasteiger partial charge in [0.25, 0.3) is 0 Å². The highest BCUT2D eigenvalue weighted by Gasteiger charge is 2.28. The van der Waals surface area contributed by atoms with Gasteiger partial charge in [-0.15, -0.1) is 0 Å². The summed E-state index contributed by atoms with van der Waals surface area (Å²) in [6.07, 6.45) is 5.66. The van der Waals surface area contributed by atoms with Gasteiger partial charge in [-0.3, -0.25) is 0 Å². The summed E-state index contributed by atoms with van der Waals surface area (Å²) in [4.78, 5) is 0. The fraction of sp³-hybridized carbons (Fsp3) is 1.00. The van der Waals surface area contributed by atoms with E-state index in [-0.39, 0.29) is 0 Å². The monoisotopic (exact) mass is 171 g/mol. The smallest absolute Gasteiger partial charge is 0.0721 e. The molecule has 0 heterocycles. The van der Waals surface area contributed by atoms with Crippen molar-refractivity contribution in [2.45, 2.75) is 44.8 Å². The summed E-state index contributed by atoms with van der Waals surface area (Å²) in [5.41, 5.74) is 0. The van der Waals surface area contributed by atoms with E-state index in [1.807, 2.05) is 14.2 Å². The van der Waals surface area contributed by atoms with Crippen molar-refractivity contribution >= 4 is 0 Å². The maximum absolute atomic E-state index is 5.42. The number of nitrogens with one attached hydrogen (secondary N) is 1. The number of rotatable bonds is 6. The molecule has 0 aromatic rings. The van der Waals surface area contributed by atoms with E-state index in [0.717, 1.165) is 12.3 Å². The largest absolute Gasteiger partial charge is 0.380 e. The van der Waals surface area contributed by atoms with E-state index in [9.17, 15) is 0 Å². The molecule has 2 unspecified atom stereocenters. The summed E-state index contributed by atoms with van der Waals surface area (Å²) >= 11 is 0. The molecule has 1 rings (SSSR count). The minimum atomic E-state index is 0.399. The molecule has 0 aliphatic heterocycles. The highest BCUT2D eigenvalue weighted by atomic mass is 16.5. The second-order valence-electron chi connectivity index (χ2n) is 3.76. The number of hydrogen-bond donors (Lipinski definition) is 1. The summed E-state index contributed by atoms with van der Waals surface area (Å²) in [6.45, 7) is 2.19. The SMILES string of the molecule is CCC(OC)C(CC1CC1)NC. The lowest BCUT2D eigenvalue weighted by Gasteiger charge is -2.24. The third kappa shape index (κ3) is 2.76. The molecule has 1 N–H and O–H groups in total. The fourth-order valence-electron chi connectivity index (χ4n) is 1.78. The van der Waals surface area contributed by atoms with Gasteiger partial charge in [0.2, 0.25) is 0 Å².